The van der Waals surface area contributed by atoms with Crippen molar-refractivity contribution in [2.24, 2.45) is 0 Å². The maximum absolute atomic E-state index is 12.9. The van der Waals surface area contributed by atoms with Gasteiger partial charge in [-0.2, -0.15) is 52.7 Å². The van der Waals surface area contributed by atoms with Gasteiger partial charge in [0.05, 0.1) is 33.8 Å². The third-order valence-electron chi connectivity index (χ3n) is 4.07. The zero-order valence-electron chi connectivity index (χ0n) is 15.6. The highest BCUT2D eigenvalue weighted by Gasteiger charge is 2.39. The molecule has 2 aromatic rings. The van der Waals surface area contributed by atoms with E-state index in [-0.39, 0.29) is 36.4 Å². The van der Waals surface area contributed by atoms with Gasteiger partial charge in [0.25, 0.3) is 0 Å². The molecular formula is C18H10F12O2S. The van der Waals surface area contributed by atoms with Crippen LogP contribution in [0.15, 0.2) is 36.4 Å². The summed E-state index contributed by atoms with van der Waals surface area (Å²) in [6.07, 6.45) is -21.2. The van der Waals surface area contributed by atoms with Crippen molar-refractivity contribution in [1.29, 1.82) is 0 Å². The number of halogens is 12. The lowest BCUT2D eigenvalue weighted by Gasteiger charge is -2.16. The third kappa shape index (κ3) is 7.27. The van der Waals surface area contributed by atoms with Crippen LogP contribution in [0.1, 0.15) is 33.4 Å². The third-order valence-corrected chi connectivity index (χ3v) is 5.61. The molecule has 0 aliphatic heterocycles. The van der Waals surface area contributed by atoms with Gasteiger partial charge in [0, 0.05) is 0 Å². The van der Waals surface area contributed by atoms with Crippen LogP contribution in [0.5, 0.6) is 0 Å². The molecule has 2 nitrogen and oxygen atoms in total. The number of alkyl halides is 12. The lowest BCUT2D eigenvalue weighted by atomic mass is 10.1. The molecule has 0 bridgehead atoms. The van der Waals surface area contributed by atoms with Gasteiger partial charge in [-0.15, -0.1) is 0 Å². The summed E-state index contributed by atoms with van der Waals surface area (Å²) in [5.74, 6) is -3.00. The lowest BCUT2D eigenvalue weighted by Crippen LogP contribution is -2.15. The van der Waals surface area contributed by atoms with Crippen LogP contribution >= 0.6 is 0 Å². The van der Waals surface area contributed by atoms with E-state index in [0.717, 1.165) is 0 Å². The van der Waals surface area contributed by atoms with Crippen LogP contribution in [0.2, 0.25) is 0 Å². The van der Waals surface area contributed by atoms with Crippen LogP contribution in [-0.4, -0.2) is 8.42 Å². The summed E-state index contributed by atoms with van der Waals surface area (Å²) < 4.78 is 179. The van der Waals surface area contributed by atoms with Crippen molar-refractivity contribution < 1.29 is 61.1 Å². The average Bonchev–Trinajstić information content (AvgIpc) is 2.57. The number of rotatable bonds is 4. The summed E-state index contributed by atoms with van der Waals surface area (Å²) in [4.78, 5) is 0. The first-order valence-corrected chi connectivity index (χ1v) is 10.2. The maximum Gasteiger partial charge on any atom is 0.416 e. The van der Waals surface area contributed by atoms with Crippen molar-refractivity contribution in [3.05, 3.63) is 69.8 Å². The number of hydrogen-bond acceptors (Lipinski definition) is 2. The van der Waals surface area contributed by atoms with Gasteiger partial charge in [-0.3, -0.25) is 0 Å². The van der Waals surface area contributed by atoms with Crippen LogP contribution in [-0.2, 0) is 46.0 Å². The molecule has 0 aliphatic carbocycles. The molecule has 0 amide bonds. The minimum atomic E-state index is -5.29. The van der Waals surface area contributed by atoms with Gasteiger partial charge in [0.1, 0.15) is 0 Å². The first-order chi connectivity index (χ1) is 14.6. The minimum absolute atomic E-state index is 0.0973. The fraction of sp³-hybridized carbons (Fsp3) is 0.333. The quantitative estimate of drug-likeness (QED) is 0.414. The normalized spacial score (nSPS) is 13.9. The summed E-state index contributed by atoms with van der Waals surface area (Å²) in [6.45, 7) is 0. The van der Waals surface area contributed by atoms with Gasteiger partial charge in [-0.1, -0.05) is 0 Å². The molecular weight excluding hydrogens is 508 g/mol. The van der Waals surface area contributed by atoms with Crippen LogP contribution in [0, 0.1) is 0 Å². The van der Waals surface area contributed by atoms with E-state index in [1.54, 1.807) is 0 Å². The Morgan fingerprint density at radius 2 is 0.667 bits per heavy atom. The van der Waals surface area contributed by atoms with Crippen molar-refractivity contribution in [1.82, 2.24) is 0 Å². The van der Waals surface area contributed by atoms with E-state index in [4.69, 9.17) is 0 Å². The number of benzene rings is 2. The van der Waals surface area contributed by atoms with E-state index in [1.165, 1.54) is 0 Å². The topological polar surface area (TPSA) is 34.1 Å². The fourth-order valence-corrected chi connectivity index (χ4v) is 4.22. The van der Waals surface area contributed by atoms with E-state index in [0.29, 0.717) is 0 Å². The lowest BCUT2D eigenvalue weighted by molar-refractivity contribution is -0.144. The van der Waals surface area contributed by atoms with Gasteiger partial charge in [-0.25, -0.2) is 8.42 Å². The molecule has 2 aromatic carbocycles. The Morgan fingerprint density at radius 1 is 0.455 bits per heavy atom. The highest BCUT2D eigenvalue weighted by molar-refractivity contribution is 7.89. The van der Waals surface area contributed by atoms with Crippen LogP contribution in [0.3, 0.4) is 0 Å². The van der Waals surface area contributed by atoms with Crippen LogP contribution in [0.4, 0.5) is 52.7 Å². The van der Waals surface area contributed by atoms with Gasteiger partial charge in [-0.05, 0) is 47.5 Å². The van der Waals surface area contributed by atoms with Crippen molar-refractivity contribution in [2.75, 3.05) is 0 Å². The molecule has 0 spiro atoms. The van der Waals surface area contributed by atoms with Gasteiger partial charge >= 0.3 is 24.7 Å². The monoisotopic (exact) mass is 518 g/mol. The largest absolute Gasteiger partial charge is 0.416 e. The SMILES string of the molecule is O=S(=O)(Cc1cc(C(F)(F)F)cc(C(F)(F)F)c1)Cc1cc(C(F)(F)F)cc(C(F)(F)F)c1. The van der Waals surface area contributed by atoms with Crippen molar-refractivity contribution in [3.63, 3.8) is 0 Å². The zero-order chi connectivity index (χ0) is 25.6. The maximum atomic E-state index is 12.9. The second kappa shape index (κ2) is 8.40. The molecule has 0 radical (unpaired) electrons. The molecule has 2 rings (SSSR count). The van der Waals surface area contributed by atoms with Gasteiger partial charge in [0.15, 0.2) is 9.84 Å². The Morgan fingerprint density at radius 3 is 0.848 bits per heavy atom. The van der Waals surface area contributed by atoms with E-state index < -0.39 is 79.4 Å². The van der Waals surface area contributed by atoms with E-state index in [2.05, 4.69) is 0 Å². The minimum Gasteiger partial charge on any atom is -0.228 e. The molecule has 0 saturated heterocycles. The highest BCUT2D eigenvalue weighted by Crippen LogP contribution is 2.38. The molecule has 0 aliphatic rings. The Balaban J connectivity index is 2.49. The molecule has 15 heteroatoms. The predicted molar refractivity (Wildman–Crippen MR) is 89.2 cm³/mol. The molecule has 0 saturated carbocycles. The van der Waals surface area contributed by atoms with E-state index >= 15 is 0 Å². The number of sulfone groups is 1. The molecule has 0 fully saturated rings. The Kier molecular flexibility index (Phi) is 6.82. The molecule has 0 N–H and O–H groups in total. The van der Waals surface area contributed by atoms with Crippen LogP contribution < -0.4 is 0 Å². The summed E-state index contributed by atoms with van der Waals surface area (Å²) in [5, 5.41) is 0. The second-order valence-corrected chi connectivity index (χ2v) is 8.92. The summed E-state index contributed by atoms with van der Waals surface area (Å²) in [7, 11) is -4.81. The van der Waals surface area contributed by atoms with Gasteiger partial charge < -0.3 is 0 Å². The second-order valence-electron chi connectivity index (χ2n) is 6.86. The Hall–Kier alpha value is -2.45. The predicted octanol–water partition coefficient (Wildman–Crippen LogP) is 6.88. The summed E-state index contributed by atoms with van der Waals surface area (Å²) in [5.41, 5.74) is -9.33. The summed E-state index contributed by atoms with van der Waals surface area (Å²) >= 11 is 0. The molecule has 184 valence electrons. The summed E-state index contributed by atoms with van der Waals surface area (Å²) in [6, 6.07) is -0.142. The molecule has 0 atom stereocenters. The van der Waals surface area contributed by atoms with Gasteiger partial charge in [0.2, 0.25) is 0 Å². The van der Waals surface area contributed by atoms with Crippen molar-refractivity contribution in [2.45, 2.75) is 36.2 Å². The molecule has 0 aromatic heterocycles. The average molecular weight is 518 g/mol. The first-order valence-electron chi connectivity index (χ1n) is 8.35. The van der Waals surface area contributed by atoms with E-state index in [1.807, 2.05) is 0 Å². The van der Waals surface area contributed by atoms with Crippen molar-refractivity contribution in [3.8, 4) is 0 Å². The van der Waals surface area contributed by atoms with E-state index in [9.17, 15) is 61.1 Å². The molecule has 0 unspecified atom stereocenters. The van der Waals surface area contributed by atoms with Crippen LogP contribution in [0.25, 0.3) is 0 Å². The Labute approximate surface area is 177 Å². The number of hydrogen-bond donors (Lipinski definition) is 0. The first kappa shape index (κ1) is 26.8. The van der Waals surface area contributed by atoms with Crippen molar-refractivity contribution >= 4 is 9.84 Å². The fourth-order valence-electron chi connectivity index (χ4n) is 2.76. The standard InChI is InChI=1S/C18H10F12O2S/c19-15(20,21)11-1-9(2-12(5-11)16(22,23)24)7-33(31,32)8-10-3-13(17(25,26)27)6-14(4-10)18(28,29)30/h1-6H,7-8H2. The molecule has 0 heterocycles. The Bertz CT molecular complexity index is 975. The molecule has 33 heavy (non-hydrogen) atoms. The zero-order valence-corrected chi connectivity index (χ0v) is 16.5. The smallest absolute Gasteiger partial charge is 0.228 e. The highest BCUT2D eigenvalue weighted by atomic mass is 32.2.